The van der Waals surface area contributed by atoms with E-state index in [2.05, 4.69) is 10.2 Å². The Balaban J connectivity index is 2.28. The normalized spacial score (nSPS) is 12.5. The Morgan fingerprint density at radius 1 is 1.33 bits per heavy atom. The third-order valence-corrected chi connectivity index (χ3v) is 3.41. The van der Waals surface area contributed by atoms with Gasteiger partial charge in [-0.25, -0.2) is 0 Å². The summed E-state index contributed by atoms with van der Waals surface area (Å²) in [5, 5.41) is 7.89. The molecule has 0 spiro atoms. The average molecular weight is 291 g/mol. The summed E-state index contributed by atoms with van der Waals surface area (Å²) in [5.41, 5.74) is 1.29. The van der Waals surface area contributed by atoms with E-state index >= 15 is 0 Å². The first kappa shape index (κ1) is 15.5. The van der Waals surface area contributed by atoms with Gasteiger partial charge in [-0.15, -0.1) is 0 Å². The van der Waals surface area contributed by atoms with E-state index in [1.807, 2.05) is 31.2 Å². The summed E-state index contributed by atoms with van der Waals surface area (Å²) >= 11 is 0. The number of H-pyrrole nitrogens is 1. The Labute approximate surface area is 124 Å². The number of hydrogen-bond acceptors (Lipinski definition) is 4. The van der Waals surface area contributed by atoms with Crippen LogP contribution in [0.4, 0.5) is 0 Å². The lowest BCUT2D eigenvalue weighted by Crippen LogP contribution is -2.43. The minimum Gasteiger partial charge on any atom is -0.383 e. The molecule has 1 unspecified atom stereocenters. The molecule has 0 fully saturated rings. The predicted molar refractivity (Wildman–Crippen MR) is 80.3 cm³/mol. The van der Waals surface area contributed by atoms with E-state index in [4.69, 9.17) is 9.47 Å². The van der Waals surface area contributed by atoms with Crippen molar-refractivity contribution in [1.29, 1.82) is 0 Å². The molecule has 0 aliphatic rings. The zero-order valence-electron chi connectivity index (χ0n) is 12.6. The van der Waals surface area contributed by atoms with E-state index in [0.29, 0.717) is 25.5 Å². The van der Waals surface area contributed by atoms with Crippen LogP contribution in [0.2, 0.25) is 0 Å². The first-order chi connectivity index (χ1) is 10.2. The molecule has 0 radical (unpaired) electrons. The van der Waals surface area contributed by atoms with Crippen LogP contribution in [0.5, 0.6) is 0 Å². The lowest BCUT2D eigenvalue weighted by atomic mass is 10.1. The number of aromatic nitrogens is 2. The van der Waals surface area contributed by atoms with Crippen molar-refractivity contribution < 1.29 is 14.3 Å². The number of aromatic amines is 1. The molecule has 0 aliphatic carbocycles. The van der Waals surface area contributed by atoms with Crippen LogP contribution < -0.4 is 0 Å². The summed E-state index contributed by atoms with van der Waals surface area (Å²) in [6, 6.07) is 7.55. The summed E-state index contributed by atoms with van der Waals surface area (Å²) in [4.78, 5) is 14.5. The monoisotopic (exact) mass is 291 g/mol. The zero-order valence-corrected chi connectivity index (χ0v) is 12.6. The second-order valence-corrected chi connectivity index (χ2v) is 4.91. The highest BCUT2D eigenvalue weighted by molar-refractivity contribution is 6.04. The van der Waals surface area contributed by atoms with Gasteiger partial charge in [-0.05, 0) is 13.0 Å². The Morgan fingerprint density at radius 3 is 2.81 bits per heavy atom. The van der Waals surface area contributed by atoms with Gasteiger partial charge < -0.3 is 14.4 Å². The van der Waals surface area contributed by atoms with Crippen molar-refractivity contribution in [2.45, 2.75) is 13.0 Å². The first-order valence-corrected chi connectivity index (χ1v) is 6.91. The lowest BCUT2D eigenvalue weighted by molar-refractivity contribution is 0.0476. The van der Waals surface area contributed by atoms with Crippen molar-refractivity contribution in [3.8, 4) is 0 Å². The number of ether oxygens (including phenoxy) is 2. The fourth-order valence-electron chi connectivity index (χ4n) is 2.31. The highest BCUT2D eigenvalue weighted by Gasteiger charge is 2.24. The molecular formula is C15H21N3O3. The summed E-state index contributed by atoms with van der Waals surface area (Å²) < 4.78 is 10.2. The third-order valence-electron chi connectivity index (χ3n) is 3.41. The average Bonchev–Trinajstić information content (AvgIpc) is 2.91. The van der Waals surface area contributed by atoms with E-state index in [9.17, 15) is 4.79 Å². The van der Waals surface area contributed by atoms with Gasteiger partial charge >= 0.3 is 0 Å². The number of para-hydroxylation sites is 1. The van der Waals surface area contributed by atoms with Crippen LogP contribution in [0.1, 0.15) is 17.4 Å². The first-order valence-electron chi connectivity index (χ1n) is 6.91. The van der Waals surface area contributed by atoms with Crippen LogP contribution in [-0.2, 0) is 9.47 Å². The van der Waals surface area contributed by atoms with Crippen molar-refractivity contribution in [3.05, 3.63) is 30.0 Å². The van der Waals surface area contributed by atoms with Crippen LogP contribution >= 0.6 is 0 Å². The molecule has 0 saturated carbocycles. The molecule has 1 amide bonds. The molecule has 0 aliphatic heterocycles. The molecule has 1 atom stereocenters. The fourth-order valence-corrected chi connectivity index (χ4v) is 2.31. The van der Waals surface area contributed by atoms with Crippen LogP contribution in [-0.4, -0.2) is 61.0 Å². The van der Waals surface area contributed by atoms with E-state index in [1.165, 1.54) is 0 Å². The Kier molecular flexibility index (Phi) is 5.30. The number of carbonyl (C=O) groups is 1. The molecule has 2 rings (SSSR count). The van der Waals surface area contributed by atoms with E-state index < -0.39 is 0 Å². The largest absolute Gasteiger partial charge is 0.383 e. The maximum Gasteiger partial charge on any atom is 0.275 e. The van der Waals surface area contributed by atoms with E-state index in [-0.39, 0.29) is 11.9 Å². The molecule has 1 aromatic carbocycles. The van der Waals surface area contributed by atoms with Gasteiger partial charge in [0.25, 0.3) is 5.91 Å². The number of methoxy groups -OCH3 is 2. The number of benzene rings is 1. The van der Waals surface area contributed by atoms with Gasteiger partial charge in [0.1, 0.15) is 0 Å². The standard InChI is InChI=1S/C15H21N3O3/c1-11(10-21-3)18(8-9-20-2)15(19)14-12-6-4-5-7-13(12)16-17-14/h4-7,11H,8-10H2,1-3H3,(H,16,17). The molecule has 1 N–H and O–H groups in total. The second kappa shape index (κ2) is 7.19. The summed E-state index contributed by atoms with van der Waals surface area (Å²) in [7, 11) is 3.24. The van der Waals surface area contributed by atoms with Crippen molar-refractivity contribution in [3.63, 3.8) is 0 Å². The second-order valence-electron chi connectivity index (χ2n) is 4.91. The zero-order chi connectivity index (χ0) is 15.2. The van der Waals surface area contributed by atoms with Gasteiger partial charge in [-0.3, -0.25) is 9.89 Å². The SMILES string of the molecule is COCCN(C(=O)c1n[nH]c2ccccc12)C(C)COC. The number of nitrogens with one attached hydrogen (secondary N) is 1. The van der Waals surface area contributed by atoms with Crippen molar-refractivity contribution in [2.75, 3.05) is 34.0 Å². The number of nitrogens with zero attached hydrogens (tertiary/aromatic N) is 2. The lowest BCUT2D eigenvalue weighted by Gasteiger charge is -2.28. The maximum atomic E-state index is 12.8. The number of rotatable bonds is 7. The van der Waals surface area contributed by atoms with E-state index in [1.54, 1.807) is 19.1 Å². The highest BCUT2D eigenvalue weighted by Crippen LogP contribution is 2.18. The minimum atomic E-state index is -0.117. The van der Waals surface area contributed by atoms with Gasteiger partial charge in [-0.1, -0.05) is 18.2 Å². The summed E-state index contributed by atoms with van der Waals surface area (Å²) in [6.07, 6.45) is 0. The number of amides is 1. The van der Waals surface area contributed by atoms with Crippen molar-refractivity contribution >= 4 is 16.8 Å². The third kappa shape index (κ3) is 3.40. The molecule has 0 saturated heterocycles. The van der Waals surface area contributed by atoms with Crippen LogP contribution in [0, 0.1) is 0 Å². The highest BCUT2D eigenvalue weighted by atomic mass is 16.5. The van der Waals surface area contributed by atoms with Crippen LogP contribution in [0.25, 0.3) is 10.9 Å². The molecule has 6 nitrogen and oxygen atoms in total. The molecule has 1 aromatic heterocycles. The topological polar surface area (TPSA) is 67.5 Å². The number of fused-ring (bicyclic) bond motifs is 1. The van der Waals surface area contributed by atoms with Gasteiger partial charge in [0.05, 0.1) is 24.8 Å². The Bertz CT molecular complexity index is 597. The van der Waals surface area contributed by atoms with E-state index in [0.717, 1.165) is 10.9 Å². The molecular weight excluding hydrogens is 270 g/mol. The minimum absolute atomic E-state index is 0.0480. The van der Waals surface area contributed by atoms with Gasteiger partial charge in [0.15, 0.2) is 5.69 Å². The fraction of sp³-hybridized carbons (Fsp3) is 0.467. The Morgan fingerprint density at radius 2 is 2.10 bits per heavy atom. The maximum absolute atomic E-state index is 12.8. The predicted octanol–water partition coefficient (Wildman–Crippen LogP) is 1.69. The number of hydrogen-bond donors (Lipinski definition) is 1. The molecule has 114 valence electrons. The molecule has 2 aromatic rings. The van der Waals surface area contributed by atoms with Crippen molar-refractivity contribution in [2.24, 2.45) is 0 Å². The van der Waals surface area contributed by atoms with Gasteiger partial charge in [0.2, 0.25) is 0 Å². The van der Waals surface area contributed by atoms with Crippen molar-refractivity contribution in [1.82, 2.24) is 15.1 Å². The Hall–Kier alpha value is -1.92. The molecule has 1 heterocycles. The van der Waals surface area contributed by atoms with Crippen LogP contribution in [0.15, 0.2) is 24.3 Å². The smallest absolute Gasteiger partial charge is 0.275 e. The summed E-state index contributed by atoms with van der Waals surface area (Å²) in [6.45, 7) is 3.40. The quantitative estimate of drug-likeness (QED) is 0.843. The summed E-state index contributed by atoms with van der Waals surface area (Å²) in [5.74, 6) is -0.117. The number of carbonyl (C=O) groups excluding carboxylic acids is 1. The molecule has 21 heavy (non-hydrogen) atoms. The van der Waals surface area contributed by atoms with Gasteiger partial charge in [-0.2, -0.15) is 5.10 Å². The molecule has 0 bridgehead atoms. The van der Waals surface area contributed by atoms with Crippen LogP contribution in [0.3, 0.4) is 0 Å². The molecule has 6 heteroatoms. The van der Waals surface area contributed by atoms with Gasteiger partial charge in [0, 0.05) is 26.2 Å².